The van der Waals surface area contributed by atoms with E-state index in [0.29, 0.717) is 11.1 Å². The van der Waals surface area contributed by atoms with Crippen molar-refractivity contribution in [2.24, 2.45) is 0 Å². The van der Waals surface area contributed by atoms with Crippen molar-refractivity contribution in [3.05, 3.63) is 108 Å². The van der Waals surface area contributed by atoms with Crippen molar-refractivity contribution in [2.45, 2.75) is 13.1 Å². The first-order valence-electron chi connectivity index (χ1n) is 9.57. The second-order valence-electron chi connectivity index (χ2n) is 7.08. The van der Waals surface area contributed by atoms with E-state index in [1.807, 2.05) is 78.6 Å². The number of rotatable bonds is 6. The molecule has 2 aromatic carbocycles. The molecule has 0 unspecified atom stereocenters. The molecule has 4 aromatic rings. The van der Waals surface area contributed by atoms with Crippen LogP contribution in [-0.4, -0.2) is 7.05 Å². The Balaban J connectivity index is 1.64. The van der Waals surface area contributed by atoms with Gasteiger partial charge in [0.05, 0.1) is 5.56 Å². The third kappa shape index (κ3) is 4.11. The first-order valence-corrected chi connectivity index (χ1v) is 9.57. The van der Waals surface area contributed by atoms with Gasteiger partial charge in [0, 0.05) is 48.4 Å². The van der Waals surface area contributed by atoms with Gasteiger partial charge in [-0.25, -0.2) is 9.36 Å². The van der Waals surface area contributed by atoms with Gasteiger partial charge in [0.2, 0.25) is 0 Å². The lowest BCUT2D eigenvalue weighted by Gasteiger charge is -2.19. The quantitative estimate of drug-likeness (QED) is 0.278. The van der Waals surface area contributed by atoms with Crippen molar-refractivity contribution in [2.75, 3.05) is 11.9 Å². The molecule has 0 aliphatic rings. The Morgan fingerprint density at radius 3 is 2.52 bits per heavy atom. The summed E-state index contributed by atoms with van der Waals surface area (Å²) in [5.74, 6) is 0. The van der Waals surface area contributed by atoms with E-state index in [1.54, 1.807) is 0 Å². The fourth-order valence-corrected chi connectivity index (χ4v) is 3.39. The predicted molar refractivity (Wildman–Crippen MR) is 117 cm³/mol. The number of fused-ring (bicyclic) bond motifs is 1. The number of anilines is 1. The van der Waals surface area contributed by atoms with E-state index in [2.05, 4.69) is 29.7 Å². The van der Waals surface area contributed by atoms with Gasteiger partial charge in [-0.15, -0.1) is 0 Å². The molecule has 4 heteroatoms. The van der Waals surface area contributed by atoms with Gasteiger partial charge in [0.15, 0.2) is 18.9 Å². The van der Waals surface area contributed by atoms with E-state index in [0.717, 1.165) is 29.7 Å². The van der Waals surface area contributed by atoms with Gasteiger partial charge in [-0.1, -0.05) is 36.9 Å². The van der Waals surface area contributed by atoms with Gasteiger partial charge < -0.3 is 9.32 Å². The summed E-state index contributed by atoms with van der Waals surface area (Å²) < 4.78 is 7.65. The SMILES string of the molecule is C=CC[n+]1ccc(-c2cc3ccc(N(C)Cc4ccccc4)cc3oc2=O)cc1. The molecule has 2 heterocycles. The molecular formula is C25H23N2O2+. The number of benzene rings is 2. The molecule has 0 fully saturated rings. The molecule has 4 nitrogen and oxygen atoms in total. The molecule has 0 amide bonds. The molecule has 0 aliphatic heterocycles. The summed E-state index contributed by atoms with van der Waals surface area (Å²) >= 11 is 0. The van der Waals surface area contributed by atoms with Crippen LogP contribution in [-0.2, 0) is 13.1 Å². The largest absolute Gasteiger partial charge is 0.422 e. The summed E-state index contributed by atoms with van der Waals surface area (Å²) in [5, 5.41) is 0.902. The monoisotopic (exact) mass is 383 g/mol. The lowest BCUT2D eigenvalue weighted by atomic mass is 10.1. The van der Waals surface area contributed by atoms with E-state index in [4.69, 9.17) is 4.42 Å². The molecule has 0 atom stereocenters. The zero-order valence-electron chi connectivity index (χ0n) is 16.4. The van der Waals surface area contributed by atoms with Crippen molar-refractivity contribution in [3.8, 4) is 11.1 Å². The van der Waals surface area contributed by atoms with E-state index in [1.165, 1.54) is 5.56 Å². The van der Waals surface area contributed by atoms with Crippen molar-refractivity contribution in [1.82, 2.24) is 0 Å². The van der Waals surface area contributed by atoms with Crippen molar-refractivity contribution in [3.63, 3.8) is 0 Å². The highest BCUT2D eigenvalue weighted by atomic mass is 16.4. The van der Waals surface area contributed by atoms with E-state index in [9.17, 15) is 4.79 Å². The number of nitrogens with zero attached hydrogens (tertiary/aromatic N) is 2. The summed E-state index contributed by atoms with van der Waals surface area (Å²) in [6.45, 7) is 5.25. The van der Waals surface area contributed by atoms with Gasteiger partial charge in [0.25, 0.3) is 0 Å². The summed E-state index contributed by atoms with van der Waals surface area (Å²) in [4.78, 5) is 14.8. The number of hydrogen-bond acceptors (Lipinski definition) is 3. The zero-order valence-corrected chi connectivity index (χ0v) is 16.4. The number of allylic oxidation sites excluding steroid dienone is 1. The van der Waals surface area contributed by atoms with Crippen LogP contribution in [0.2, 0.25) is 0 Å². The molecule has 0 N–H and O–H groups in total. The van der Waals surface area contributed by atoms with Crippen LogP contribution in [0.1, 0.15) is 5.56 Å². The topological polar surface area (TPSA) is 37.3 Å². The van der Waals surface area contributed by atoms with Crippen LogP contribution in [0.25, 0.3) is 22.1 Å². The Morgan fingerprint density at radius 1 is 1.03 bits per heavy atom. The average Bonchev–Trinajstić information content (AvgIpc) is 2.74. The molecule has 0 saturated heterocycles. The predicted octanol–water partition coefficient (Wildman–Crippen LogP) is 4.57. The molecule has 0 aliphatic carbocycles. The molecule has 0 spiro atoms. The van der Waals surface area contributed by atoms with Gasteiger partial charge in [-0.2, -0.15) is 0 Å². The van der Waals surface area contributed by atoms with E-state index >= 15 is 0 Å². The van der Waals surface area contributed by atoms with E-state index < -0.39 is 0 Å². The molecule has 0 radical (unpaired) electrons. The van der Waals surface area contributed by atoms with Crippen LogP contribution in [0, 0.1) is 0 Å². The smallest absolute Gasteiger partial charge is 0.344 e. The van der Waals surface area contributed by atoms with E-state index in [-0.39, 0.29) is 5.63 Å². The number of pyridine rings is 1. The highest BCUT2D eigenvalue weighted by molar-refractivity contribution is 5.84. The van der Waals surface area contributed by atoms with Crippen LogP contribution >= 0.6 is 0 Å². The maximum Gasteiger partial charge on any atom is 0.344 e. The lowest BCUT2D eigenvalue weighted by Crippen LogP contribution is -2.31. The first-order chi connectivity index (χ1) is 14.1. The minimum Gasteiger partial charge on any atom is -0.422 e. The Labute approximate surface area is 170 Å². The Bertz CT molecular complexity index is 1200. The van der Waals surface area contributed by atoms with Gasteiger partial charge in [-0.3, -0.25) is 0 Å². The molecule has 29 heavy (non-hydrogen) atoms. The lowest BCUT2D eigenvalue weighted by molar-refractivity contribution is -0.686. The highest BCUT2D eigenvalue weighted by Gasteiger charge is 2.11. The Hall–Kier alpha value is -3.66. The molecule has 0 bridgehead atoms. The third-order valence-corrected chi connectivity index (χ3v) is 4.96. The Morgan fingerprint density at radius 2 is 1.79 bits per heavy atom. The average molecular weight is 383 g/mol. The minimum atomic E-state index is -0.332. The maximum atomic E-state index is 12.6. The van der Waals surface area contributed by atoms with Crippen molar-refractivity contribution in [1.29, 1.82) is 0 Å². The number of aromatic nitrogens is 1. The standard InChI is InChI=1S/C25H23N2O2/c1-3-13-27-14-11-20(12-15-27)23-16-21-9-10-22(17-24(21)29-25(23)28)26(2)18-19-7-5-4-6-8-19/h3-12,14-17H,1,13,18H2,2H3/q+1. The second-order valence-corrected chi connectivity index (χ2v) is 7.08. The van der Waals surface area contributed by atoms with Crippen LogP contribution in [0.4, 0.5) is 5.69 Å². The third-order valence-electron chi connectivity index (χ3n) is 4.96. The summed E-state index contributed by atoms with van der Waals surface area (Å²) in [7, 11) is 2.03. The highest BCUT2D eigenvalue weighted by Crippen LogP contribution is 2.25. The first kappa shape index (κ1) is 18.7. The summed E-state index contributed by atoms with van der Waals surface area (Å²) in [6.07, 6.45) is 5.70. The molecule has 0 saturated carbocycles. The van der Waals surface area contributed by atoms with Gasteiger partial charge >= 0.3 is 5.63 Å². The maximum absolute atomic E-state index is 12.6. The fraction of sp³-hybridized carbons (Fsp3) is 0.120. The molecule has 4 rings (SSSR count). The van der Waals surface area contributed by atoms with Crippen LogP contribution in [0.3, 0.4) is 0 Å². The molecule has 2 aromatic heterocycles. The minimum absolute atomic E-state index is 0.332. The molecule has 144 valence electrons. The molecular weight excluding hydrogens is 360 g/mol. The summed E-state index contributed by atoms with van der Waals surface area (Å²) in [5.41, 5.74) is 3.89. The van der Waals surface area contributed by atoms with Crippen LogP contribution < -0.4 is 15.1 Å². The van der Waals surface area contributed by atoms with Crippen molar-refractivity contribution >= 4 is 16.7 Å². The summed E-state index contributed by atoms with van der Waals surface area (Å²) in [6, 6.07) is 22.0. The number of hydrogen-bond donors (Lipinski definition) is 0. The van der Waals surface area contributed by atoms with Gasteiger partial charge in [-0.05, 0) is 29.8 Å². The Kier molecular flexibility index (Phi) is 5.25. The fourth-order valence-electron chi connectivity index (χ4n) is 3.39. The van der Waals surface area contributed by atoms with Gasteiger partial charge in [0.1, 0.15) is 5.58 Å². The normalized spacial score (nSPS) is 10.8. The van der Waals surface area contributed by atoms with Crippen molar-refractivity contribution < 1.29 is 8.98 Å². The van der Waals surface area contributed by atoms with Crippen LogP contribution in [0.5, 0.6) is 0 Å². The van der Waals surface area contributed by atoms with Crippen LogP contribution in [0.15, 0.2) is 101 Å². The zero-order chi connectivity index (χ0) is 20.2. The second kappa shape index (κ2) is 8.15.